The van der Waals surface area contributed by atoms with Gasteiger partial charge in [0.2, 0.25) is 5.91 Å². The van der Waals surface area contributed by atoms with Crippen molar-refractivity contribution in [2.24, 2.45) is 0 Å². The molecule has 0 spiro atoms. The summed E-state index contributed by atoms with van der Waals surface area (Å²) in [7, 11) is 0. The Hall–Kier alpha value is -2.64. The van der Waals surface area contributed by atoms with Crippen molar-refractivity contribution in [1.29, 1.82) is 0 Å². The second-order valence-electron chi connectivity index (χ2n) is 6.05. The number of ether oxygens (including phenoxy) is 1. The lowest BCUT2D eigenvalue weighted by Crippen LogP contribution is -2.47. The molecule has 2 aromatic rings. The molecule has 0 bridgehead atoms. The first kappa shape index (κ1) is 17.2. The third kappa shape index (κ3) is 4.26. The van der Waals surface area contributed by atoms with E-state index >= 15 is 0 Å². The molecule has 1 saturated heterocycles. The Labute approximate surface area is 144 Å². The van der Waals surface area contributed by atoms with Gasteiger partial charge in [0.15, 0.2) is 0 Å². The van der Waals surface area contributed by atoms with Gasteiger partial charge in [-0.25, -0.2) is 14.2 Å². The Kier molecular flexibility index (Phi) is 5.16. The molecule has 7 nitrogen and oxygen atoms in total. The number of aromatic nitrogens is 2. The number of nitrogens with one attached hydrogen (secondary N) is 1. The van der Waals surface area contributed by atoms with E-state index in [4.69, 9.17) is 4.74 Å². The summed E-state index contributed by atoms with van der Waals surface area (Å²) in [5.41, 5.74) is 1.19. The minimum atomic E-state index is -0.353. The van der Waals surface area contributed by atoms with Crippen LogP contribution in [0.2, 0.25) is 0 Å². The molecule has 0 atom stereocenters. The van der Waals surface area contributed by atoms with Crippen LogP contribution in [0.3, 0.4) is 0 Å². The van der Waals surface area contributed by atoms with Crippen molar-refractivity contribution in [2.45, 2.75) is 32.2 Å². The molecule has 0 aromatic carbocycles. The lowest BCUT2D eigenvalue weighted by molar-refractivity contribution is -0.121. The van der Waals surface area contributed by atoms with Crippen molar-refractivity contribution < 1.29 is 18.7 Å². The average Bonchev–Trinajstić information content (AvgIpc) is 2.96. The number of amides is 2. The van der Waals surface area contributed by atoms with Gasteiger partial charge < -0.3 is 19.4 Å². The molecule has 2 aromatic heterocycles. The Morgan fingerprint density at radius 2 is 2.08 bits per heavy atom. The van der Waals surface area contributed by atoms with Gasteiger partial charge in [-0.3, -0.25) is 4.79 Å². The first-order valence-electron chi connectivity index (χ1n) is 8.39. The van der Waals surface area contributed by atoms with Crippen LogP contribution in [0.1, 0.15) is 25.5 Å². The van der Waals surface area contributed by atoms with Crippen LogP contribution in [0.25, 0.3) is 5.65 Å². The summed E-state index contributed by atoms with van der Waals surface area (Å²) in [6, 6.07) is 2.94. The van der Waals surface area contributed by atoms with E-state index in [0.29, 0.717) is 43.9 Å². The SMILES string of the molecule is CCOC(=O)N1CCC(NC(=O)Cc2cn3cc(F)ccc3n2)CC1. The zero-order valence-electron chi connectivity index (χ0n) is 14.1. The minimum absolute atomic E-state index is 0.0349. The van der Waals surface area contributed by atoms with E-state index in [1.807, 2.05) is 0 Å². The van der Waals surface area contributed by atoms with Gasteiger partial charge in [-0.05, 0) is 31.9 Å². The number of rotatable bonds is 4. The smallest absolute Gasteiger partial charge is 0.409 e. The van der Waals surface area contributed by atoms with Crippen LogP contribution in [0.5, 0.6) is 0 Å². The molecule has 25 heavy (non-hydrogen) atoms. The maximum atomic E-state index is 13.2. The highest BCUT2D eigenvalue weighted by Crippen LogP contribution is 2.12. The minimum Gasteiger partial charge on any atom is -0.450 e. The summed E-state index contributed by atoms with van der Waals surface area (Å²) >= 11 is 0. The maximum Gasteiger partial charge on any atom is 0.409 e. The van der Waals surface area contributed by atoms with Crippen molar-refractivity contribution >= 4 is 17.6 Å². The molecule has 0 saturated carbocycles. The van der Waals surface area contributed by atoms with Crippen molar-refractivity contribution in [1.82, 2.24) is 19.6 Å². The number of hydrogen-bond donors (Lipinski definition) is 1. The molecule has 1 aliphatic rings. The standard InChI is InChI=1S/C17H21FN4O3/c1-2-25-17(24)21-7-5-13(6-8-21)20-16(23)9-14-11-22-10-12(18)3-4-15(22)19-14/h3-4,10-11,13H,2,5-9H2,1H3,(H,20,23). The first-order chi connectivity index (χ1) is 12.0. The molecule has 0 unspecified atom stereocenters. The Bertz CT molecular complexity index is 768. The maximum absolute atomic E-state index is 13.2. The number of likely N-dealkylation sites (tertiary alicyclic amines) is 1. The molecule has 134 valence electrons. The number of nitrogens with zero attached hydrogens (tertiary/aromatic N) is 3. The van der Waals surface area contributed by atoms with Gasteiger partial charge in [-0.1, -0.05) is 0 Å². The normalized spacial score (nSPS) is 15.4. The molecular weight excluding hydrogens is 327 g/mol. The number of carbonyl (C=O) groups excluding carboxylic acids is 2. The predicted molar refractivity (Wildman–Crippen MR) is 88.6 cm³/mol. The van der Waals surface area contributed by atoms with Crippen LogP contribution in [0, 0.1) is 5.82 Å². The van der Waals surface area contributed by atoms with Crippen molar-refractivity contribution in [3.63, 3.8) is 0 Å². The van der Waals surface area contributed by atoms with Crippen LogP contribution in [0.15, 0.2) is 24.5 Å². The third-order valence-corrected chi connectivity index (χ3v) is 4.19. The van der Waals surface area contributed by atoms with Crippen molar-refractivity contribution in [2.75, 3.05) is 19.7 Å². The van der Waals surface area contributed by atoms with Gasteiger partial charge in [-0.15, -0.1) is 0 Å². The van der Waals surface area contributed by atoms with Crippen LogP contribution in [-0.4, -0.2) is 52.0 Å². The molecule has 0 aliphatic carbocycles. The molecule has 1 N–H and O–H groups in total. The third-order valence-electron chi connectivity index (χ3n) is 4.19. The van der Waals surface area contributed by atoms with Gasteiger partial charge in [0, 0.05) is 31.5 Å². The second kappa shape index (κ2) is 7.50. The quantitative estimate of drug-likeness (QED) is 0.913. The predicted octanol–water partition coefficient (Wildman–Crippen LogP) is 1.75. The van der Waals surface area contributed by atoms with Gasteiger partial charge in [0.25, 0.3) is 0 Å². The number of piperidine rings is 1. The molecular formula is C17H21FN4O3. The van der Waals surface area contributed by atoms with Crippen molar-refractivity contribution in [3.8, 4) is 0 Å². The summed E-state index contributed by atoms with van der Waals surface area (Å²) < 4.78 is 19.7. The van der Waals surface area contributed by atoms with Crippen LogP contribution in [0.4, 0.5) is 9.18 Å². The Morgan fingerprint density at radius 3 is 2.80 bits per heavy atom. The van der Waals surface area contributed by atoms with Crippen LogP contribution < -0.4 is 5.32 Å². The van der Waals surface area contributed by atoms with Gasteiger partial charge in [0.1, 0.15) is 11.5 Å². The van der Waals surface area contributed by atoms with E-state index in [1.54, 1.807) is 28.5 Å². The van der Waals surface area contributed by atoms with E-state index in [2.05, 4.69) is 10.3 Å². The molecule has 3 rings (SSSR count). The van der Waals surface area contributed by atoms with E-state index < -0.39 is 0 Å². The summed E-state index contributed by atoms with van der Waals surface area (Å²) in [5, 5.41) is 2.97. The number of fused-ring (bicyclic) bond motifs is 1. The van der Waals surface area contributed by atoms with E-state index in [9.17, 15) is 14.0 Å². The first-order valence-corrected chi connectivity index (χ1v) is 8.39. The van der Waals surface area contributed by atoms with E-state index in [-0.39, 0.29) is 30.3 Å². The van der Waals surface area contributed by atoms with Gasteiger partial charge in [-0.2, -0.15) is 0 Å². The zero-order valence-corrected chi connectivity index (χ0v) is 14.1. The van der Waals surface area contributed by atoms with Crippen LogP contribution >= 0.6 is 0 Å². The Morgan fingerprint density at radius 1 is 1.32 bits per heavy atom. The zero-order chi connectivity index (χ0) is 17.8. The molecule has 8 heteroatoms. The molecule has 1 fully saturated rings. The number of hydrogen-bond acceptors (Lipinski definition) is 4. The largest absolute Gasteiger partial charge is 0.450 e. The number of pyridine rings is 1. The lowest BCUT2D eigenvalue weighted by Gasteiger charge is -2.31. The topological polar surface area (TPSA) is 75.9 Å². The van der Waals surface area contributed by atoms with Gasteiger partial charge >= 0.3 is 6.09 Å². The molecule has 0 radical (unpaired) electrons. The Balaban J connectivity index is 1.50. The fourth-order valence-electron chi connectivity index (χ4n) is 2.97. The van der Waals surface area contributed by atoms with E-state index in [1.165, 1.54) is 12.3 Å². The highest BCUT2D eigenvalue weighted by atomic mass is 19.1. The summed E-state index contributed by atoms with van der Waals surface area (Å²) in [6.07, 6.45) is 4.21. The second-order valence-corrected chi connectivity index (χ2v) is 6.05. The monoisotopic (exact) mass is 348 g/mol. The fraction of sp³-hybridized carbons (Fsp3) is 0.471. The highest BCUT2D eigenvalue weighted by molar-refractivity contribution is 5.78. The van der Waals surface area contributed by atoms with E-state index in [0.717, 1.165) is 0 Å². The summed E-state index contributed by atoms with van der Waals surface area (Å²) in [6.45, 7) is 3.27. The van der Waals surface area contributed by atoms with Crippen molar-refractivity contribution in [3.05, 3.63) is 36.0 Å². The van der Waals surface area contributed by atoms with Crippen LogP contribution in [-0.2, 0) is 16.0 Å². The molecule has 3 heterocycles. The fourth-order valence-corrected chi connectivity index (χ4v) is 2.97. The number of halogens is 1. The summed E-state index contributed by atoms with van der Waals surface area (Å²) in [4.78, 5) is 29.8. The number of imidazole rings is 1. The highest BCUT2D eigenvalue weighted by Gasteiger charge is 2.24. The molecule has 1 aliphatic heterocycles. The number of carbonyl (C=O) groups is 2. The molecule has 2 amide bonds. The average molecular weight is 348 g/mol. The summed E-state index contributed by atoms with van der Waals surface area (Å²) in [5.74, 6) is -0.479. The lowest BCUT2D eigenvalue weighted by atomic mass is 10.1. The van der Waals surface area contributed by atoms with Gasteiger partial charge in [0.05, 0.1) is 18.7 Å².